The van der Waals surface area contributed by atoms with Crippen LogP contribution >= 0.6 is 23.2 Å². The van der Waals surface area contributed by atoms with Crippen LogP contribution in [0.25, 0.3) is 0 Å². The van der Waals surface area contributed by atoms with Crippen molar-refractivity contribution in [1.82, 2.24) is 4.90 Å². The summed E-state index contributed by atoms with van der Waals surface area (Å²) in [7, 11) is 0. The van der Waals surface area contributed by atoms with Gasteiger partial charge in [-0.2, -0.15) is 0 Å². The predicted molar refractivity (Wildman–Crippen MR) is 77.4 cm³/mol. The summed E-state index contributed by atoms with van der Waals surface area (Å²) in [6.07, 6.45) is -1.76. The fraction of sp³-hybridized carbons (Fsp3) is 0.385. The fourth-order valence-corrected chi connectivity index (χ4v) is 2.57. The Morgan fingerprint density at radius 3 is 2.62 bits per heavy atom. The van der Waals surface area contributed by atoms with Crippen molar-refractivity contribution in [1.29, 1.82) is 0 Å². The summed E-state index contributed by atoms with van der Waals surface area (Å²) < 4.78 is 5.63. The lowest BCUT2D eigenvalue weighted by atomic mass is 9.94. The number of carboxylic acid groups (broad SMARTS) is 1. The Balaban J connectivity index is 2.33. The van der Waals surface area contributed by atoms with Crippen LogP contribution in [0.3, 0.4) is 0 Å². The minimum atomic E-state index is -1.11. The average Bonchev–Trinajstić information content (AvgIpc) is 2.64. The fourth-order valence-electron chi connectivity index (χ4n) is 2.26. The SMILES string of the molecule is NC(=O)[C@@H]1CN(C(=O)O)CCO[C@H]1c1ccc(Cl)c(Cl)c1. The van der Waals surface area contributed by atoms with E-state index >= 15 is 0 Å². The van der Waals surface area contributed by atoms with E-state index < -0.39 is 24.0 Å². The molecular weight excluding hydrogens is 319 g/mol. The van der Waals surface area contributed by atoms with E-state index in [1.165, 1.54) is 0 Å². The first-order chi connectivity index (χ1) is 9.90. The lowest BCUT2D eigenvalue weighted by Crippen LogP contribution is -2.40. The second kappa shape index (κ2) is 6.51. The van der Waals surface area contributed by atoms with Crippen LogP contribution in [0.5, 0.6) is 0 Å². The zero-order chi connectivity index (χ0) is 15.6. The van der Waals surface area contributed by atoms with Gasteiger partial charge in [-0.25, -0.2) is 4.79 Å². The smallest absolute Gasteiger partial charge is 0.407 e. The molecule has 0 spiro atoms. The first-order valence-corrected chi connectivity index (χ1v) is 6.99. The number of carbonyl (C=O) groups is 2. The molecular formula is C13H14Cl2N2O4. The maximum Gasteiger partial charge on any atom is 0.407 e. The molecule has 1 aromatic rings. The van der Waals surface area contributed by atoms with Gasteiger partial charge in [-0.3, -0.25) is 4.79 Å². The summed E-state index contributed by atoms with van der Waals surface area (Å²) in [4.78, 5) is 23.9. The van der Waals surface area contributed by atoms with Crippen LogP contribution < -0.4 is 5.73 Å². The summed E-state index contributed by atoms with van der Waals surface area (Å²) in [5.41, 5.74) is 6.04. The summed E-state index contributed by atoms with van der Waals surface area (Å²) in [6.45, 7) is 0.327. The van der Waals surface area contributed by atoms with Crippen LogP contribution in [-0.2, 0) is 9.53 Å². The first-order valence-electron chi connectivity index (χ1n) is 6.24. The number of hydrogen-bond donors (Lipinski definition) is 2. The molecule has 0 unspecified atom stereocenters. The van der Waals surface area contributed by atoms with Gasteiger partial charge in [0, 0.05) is 13.1 Å². The molecule has 1 aliphatic heterocycles. The molecule has 1 aliphatic rings. The molecule has 114 valence electrons. The molecule has 8 heteroatoms. The van der Waals surface area contributed by atoms with Gasteiger partial charge in [-0.15, -0.1) is 0 Å². The molecule has 3 N–H and O–H groups in total. The maximum atomic E-state index is 11.7. The minimum Gasteiger partial charge on any atom is -0.465 e. The highest BCUT2D eigenvalue weighted by molar-refractivity contribution is 6.42. The lowest BCUT2D eigenvalue weighted by molar-refractivity contribution is -0.126. The van der Waals surface area contributed by atoms with Crippen molar-refractivity contribution in [2.45, 2.75) is 6.10 Å². The van der Waals surface area contributed by atoms with Gasteiger partial charge in [0.2, 0.25) is 5.91 Å². The summed E-state index contributed by atoms with van der Waals surface area (Å²) in [6, 6.07) is 4.88. The second-order valence-corrected chi connectivity index (χ2v) is 5.52. The second-order valence-electron chi connectivity index (χ2n) is 4.70. The van der Waals surface area contributed by atoms with Crippen LogP contribution in [0, 0.1) is 5.92 Å². The largest absolute Gasteiger partial charge is 0.465 e. The molecule has 1 heterocycles. The Labute approximate surface area is 131 Å². The Kier molecular flexibility index (Phi) is 4.92. The highest BCUT2D eigenvalue weighted by Gasteiger charge is 2.35. The summed E-state index contributed by atoms with van der Waals surface area (Å²) >= 11 is 11.8. The third-order valence-corrected chi connectivity index (χ3v) is 4.09. The monoisotopic (exact) mass is 332 g/mol. The number of nitrogens with zero attached hydrogens (tertiary/aromatic N) is 1. The zero-order valence-corrected chi connectivity index (χ0v) is 12.5. The molecule has 2 amide bonds. The molecule has 2 rings (SSSR count). The van der Waals surface area contributed by atoms with Crippen LogP contribution in [0.15, 0.2) is 18.2 Å². The third kappa shape index (κ3) is 3.58. The normalized spacial score (nSPS) is 22.7. The Hall–Kier alpha value is -1.50. The van der Waals surface area contributed by atoms with E-state index in [0.29, 0.717) is 15.6 Å². The molecule has 0 saturated carbocycles. The van der Waals surface area contributed by atoms with Gasteiger partial charge >= 0.3 is 6.09 Å². The van der Waals surface area contributed by atoms with Gasteiger partial charge in [-0.1, -0.05) is 29.3 Å². The Bertz CT molecular complexity index is 567. The average molecular weight is 333 g/mol. The van der Waals surface area contributed by atoms with Crippen molar-refractivity contribution in [3.63, 3.8) is 0 Å². The molecule has 1 aromatic carbocycles. The molecule has 2 atom stereocenters. The first kappa shape index (κ1) is 15.9. The van der Waals surface area contributed by atoms with Crippen LogP contribution in [0.4, 0.5) is 4.79 Å². The molecule has 0 aliphatic carbocycles. The molecule has 6 nitrogen and oxygen atoms in total. The van der Waals surface area contributed by atoms with Crippen LogP contribution in [0.2, 0.25) is 10.0 Å². The van der Waals surface area contributed by atoms with Gasteiger partial charge in [-0.05, 0) is 17.7 Å². The quantitative estimate of drug-likeness (QED) is 0.867. The van der Waals surface area contributed by atoms with Crippen molar-refractivity contribution in [2.24, 2.45) is 11.7 Å². The van der Waals surface area contributed by atoms with Gasteiger partial charge in [0.15, 0.2) is 0 Å². The van der Waals surface area contributed by atoms with E-state index in [2.05, 4.69) is 0 Å². The number of rotatable bonds is 2. The summed E-state index contributed by atoms with van der Waals surface area (Å²) in [5.74, 6) is -1.42. The van der Waals surface area contributed by atoms with Gasteiger partial charge < -0.3 is 20.5 Å². The van der Waals surface area contributed by atoms with E-state index in [-0.39, 0.29) is 19.7 Å². The molecule has 0 radical (unpaired) electrons. The van der Waals surface area contributed by atoms with Gasteiger partial charge in [0.25, 0.3) is 0 Å². The van der Waals surface area contributed by atoms with E-state index in [4.69, 9.17) is 38.8 Å². The van der Waals surface area contributed by atoms with Gasteiger partial charge in [0.1, 0.15) is 0 Å². The lowest BCUT2D eigenvalue weighted by Gasteiger charge is -2.24. The molecule has 0 aromatic heterocycles. The molecule has 1 saturated heterocycles. The van der Waals surface area contributed by atoms with E-state index in [1.54, 1.807) is 18.2 Å². The van der Waals surface area contributed by atoms with Crippen molar-refractivity contribution >= 4 is 35.2 Å². The number of benzene rings is 1. The number of carbonyl (C=O) groups excluding carboxylic acids is 1. The highest BCUT2D eigenvalue weighted by atomic mass is 35.5. The van der Waals surface area contributed by atoms with E-state index in [0.717, 1.165) is 4.90 Å². The Morgan fingerprint density at radius 2 is 2.05 bits per heavy atom. The number of ether oxygens (including phenoxy) is 1. The molecule has 1 fully saturated rings. The minimum absolute atomic E-state index is 0.0183. The molecule has 0 bridgehead atoms. The Morgan fingerprint density at radius 1 is 1.33 bits per heavy atom. The zero-order valence-electron chi connectivity index (χ0n) is 11.0. The van der Waals surface area contributed by atoms with Crippen molar-refractivity contribution in [3.05, 3.63) is 33.8 Å². The molecule has 21 heavy (non-hydrogen) atoms. The predicted octanol–water partition coefficient (Wildman–Crippen LogP) is 2.15. The van der Waals surface area contributed by atoms with E-state index in [9.17, 15) is 9.59 Å². The number of primary amides is 1. The standard InChI is InChI=1S/C13H14Cl2N2O4/c14-9-2-1-7(5-10(9)15)11-8(12(16)18)6-17(13(19)20)3-4-21-11/h1-2,5,8,11H,3-4,6H2,(H2,16,18)(H,19,20)/t8-,11+/m1/s1. The number of amides is 2. The van der Waals surface area contributed by atoms with E-state index in [1.807, 2.05) is 0 Å². The van der Waals surface area contributed by atoms with Crippen molar-refractivity contribution in [2.75, 3.05) is 19.7 Å². The van der Waals surface area contributed by atoms with Crippen molar-refractivity contribution < 1.29 is 19.4 Å². The number of hydrogen-bond acceptors (Lipinski definition) is 3. The highest BCUT2D eigenvalue weighted by Crippen LogP contribution is 2.33. The van der Waals surface area contributed by atoms with Crippen molar-refractivity contribution in [3.8, 4) is 0 Å². The van der Waals surface area contributed by atoms with Crippen LogP contribution in [0.1, 0.15) is 11.7 Å². The van der Waals surface area contributed by atoms with Gasteiger partial charge in [0.05, 0.1) is 28.7 Å². The third-order valence-electron chi connectivity index (χ3n) is 3.35. The summed E-state index contributed by atoms with van der Waals surface area (Å²) in [5, 5.41) is 9.80. The number of halogens is 2. The topological polar surface area (TPSA) is 92.9 Å². The van der Waals surface area contributed by atoms with Crippen LogP contribution in [-0.4, -0.2) is 41.7 Å². The maximum absolute atomic E-state index is 11.7. The number of nitrogens with two attached hydrogens (primary N) is 1.